The second-order valence-corrected chi connectivity index (χ2v) is 34.2. The summed E-state index contributed by atoms with van der Waals surface area (Å²) in [5.41, 5.74) is 5.12. The summed E-state index contributed by atoms with van der Waals surface area (Å²) in [6.45, 7) is 51.9. The van der Waals surface area contributed by atoms with E-state index in [9.17, 15) is 73.3 Å². The van der Waals surface area contributed by atoms with Gasteiger partial charge in [0.2, 0.25) is 5.91 Å². The zero-order chi connectivity index (χ0) is 89.4. The van der Waals surface area contributed by atoms with Gasteiger partial charge in [-0.15, -0.1) is 11.8 Å². The van der Waals surface area contributed by atoms with E-state index in [1.807, 2.05) is 118 Å². The number of amidine groups is 2. The largest absolute Gasteiger partial charge is 0.550 e. The summed E-state index contributed by atoms with van der Waals surface area (Å²) in [6.07, 6.45) is 7.99. The quantitative estimate of drug-likeness (QED) is 0.00895. The molecule has 4 heterocycles. The Labute approximate surface area is 743 Å². The van der Waals surface area contributed by atoms with E-state index >= 15 is 0 Å². The first-order valence-electron chi connectivity index (χ1n) is 41.5. The van der Waals surface area contributed by atoms with Crippen LogP contribution in [0.4, 0.5) is 17.3 Å². The Kier molecular flexibility index (Phi) is 47.7. The standard InChI is InChI=1S/C51H78N4O12S.C38H50N6O7.2Zn/c1-15-32(13)40-34(52-46(42(40)50(63)66-44(27(3)4)28(5)6)54-37(56)21-17-19-23-65-49(62)31(11)12)25-35-41(33(14)16-2)43(51(64)67-45(29(7)8)30(9)10)47(53-35)55-38(57)22-18-20-24-68-36(48(60)61)26-39(58)59;1-21(2)32-27(20-39)35(43-31(46)13-11-15-50-26-17-24(7)16-25(18-26)37(47)48)41-28(32)19-29-33(22(3)4)34(40-8)36(42-29)44-30(45)12-9-10-14-51-38(49)23(5)6;;/h25,27-30,32-33,36,44-45H,11,15-24,26H2,1-10,12-14H3,(H5,52,53,54,55,56,57,58,59,60,61,63,64);19,21-22,24-26H,5,9-18H2,1-4,6-7H3,(H4,41,42,43,44,45,46,47,48);;/p-2. The number of aromatic nitrogens is 2. The number of allylic oxidation sites excluding steroid dienone is 2. The van der Waals surface area contributed by atoms with E-state index in [0.717, 1.165) is 18.2 Å². The van der Waals surface area contributed by atoms with E-state index < -0.39 is 83.4 Å². The van der Waals surface area contributed by atoms with E-state index in [-0.39, 0.29) is 195 Å². The summed E-state index contributed by atoms with van der Waals surface area (Å²) >= 11 is 0.961. The molecule has 0 saturated heterocycles. The van der Waals surface area contributed by atoms with Crippen molar-refractivity contribution >= 4 is 118 Å². The van der Waals surface area contributed by atoms with Crippen molar-refractivity contribution in [3.8, 4) is 6.07 Å². The molecule has 5 rings (SSSR count). The first-order chi connectivity index (χ1) is 56.0. The number of esters is 4. The summed E-state index contributed by atoms with van der Waals surface area (Å²) in [7, 11) is 0. The number of hydrogen-bond donors (Lipinski definition) is 6. The Morgan fingerprint density at radius 2 is 1.14 bits per heavy atom. The number of nitrogens with two attached hydrogens (primary N) is 1. The molecular formula is C89H126N10O19SZn2-2. The van der Waals surface area contributed by atoms with Crippen LogP contribution in [0.15, 0.2) is 68.0 Å². The molecule has 1 fully saturated rings. The van der Waals surface area contributed by atoms with Crippen LogP contribution in [-0.4, -0.2) is 136 Å². The number of nitriles is 1. The molecule has 4 amide bonds. The number of carboxylic acid groups (broad SMARTS) is 3. The number of anilines is 2. The van der Waals surface area contributed by atoms with Gasteiger partial charge in [-0.05, 0) is 196 Å². The number of quaternary nitrogens is 1. The number of nitrogens with one attached hydrogen (secondary N) is 3. The first kappa shape index (κ1) is 108. The van der Waals surface area contributed by atoms with Gasteiger partial charge in [-0.1, -0.05) is 137 Å². The molecule has 6 unspecified atom stereocenters. The number of aliphatic carboxylic acids is 3. The number of hydrogen-bond acceptors (Lipinski definition) is 21. The predicted octanol–water partition coefficient (Wildman–Crippen LogP) is 13.7. The number of unbranched alkanes of at least 4 members (excludes halogenated alkanes) is 3. The molecule has 6 atom stereocenters. The number of ether oxygens (including phenoxy) is 5. The van der Waals surface area contributed by atoms with Gasteiger partial charge < -0.3 is 69.7 Å². The number of carbonyl (C=O) groups is 11. The number of amides is 4. The molecule has 2 aromatic heterocycles. The number of carbonyl (C=O) groups excluding carboxylic acids is 9. The summed E-state index contributed by atoms with van der Waals surface area (Å²) in [5.74, 6) is -7.67. The van der Waals surface area contributed by atoms with Crippen molar-refractivity contribution in [3.63, 3.8) is 0 Å². The molecule has 32 heteroatoms. The molecule has 29 nitrogen and oxygen atoms in total. The molecule has 0 aromatic carbocycles. The van der Waals surface area contributed by atoms with Gasteiger partial charge in [0, 0.05) is 93.9 Å². The van der Waals surface area contributed by atoms with Crippen LogP contribution in [0.3, 0.4) is 0 Å². The number of carboxylic acids is 3. The number of primary amides is 1. The first-order valence-corrected chi connectivity index (χ1v) is 42.6. The van der Waals surface area contributed by atoms with E-state index in [1.54, 1.807) is 26.0 Å². The third-order valence-corrected chi connectivity index (χ3v) is 21.8. The van der Waals surface area contributed by atoms with Gasteiger partial charge in [-0.3, -0.25) is 24.0 Å². The van der Waals surface area contributed by atoms with E-state index in [2.05, 4.69) is 45.0 Å². The zero-order valence-electron chi connectivity index (χ0n) is 74.4. The SMILES string of the molecule is C=C(C)C(=O)OCCCCC(=O)Nc1[n-]c(C=C2N=C(NC(=O)CCCCSC(CC(=O)[O-])C(=O)O)C(C(=O)OC(C(C)C)C(C)C)=C2C(C)CC)c(C(C)CC)c1C(=O)OC(C(C)C)C(C)C.[C-]#[N+]c1c(NC(=O)CCCCOC(=O)C(=C)C)[n-]c(C=C2N=C([NH2+]C(=O)CCCOC3CC(C)CC(C(=O)O)C3)C(C#N)=C2C(C)C)c1C(C)C.[Zn].[Zn]. The van der Waals surface area contributed by atoms with Crippen molar-refractivity contribution in [2.24, 2.45) is 57.3 Å². The van der Waals surface area contributed by atoms with Crippen molar-refractivity contribution in [1.82, 2.24) is 15.3 Å². The Bertz CT molecular complexity index is 4280. The molecule has 7 N–H and O–H groups in total. The fourth-order valence-electron chi connectivity index (χ4n) is 14.2. The number of aliphatic imine (C=N–C) groups is 2. The van der Waals surface area contributed by atoms with Crippen LogP contribution in [0.5, 0.6) is 0 Å². The van der Waals surface area contributed by atoms with E-state index in [4.69, 9.17) is 45.2 Å². The maximum atomic E-state index is 14.5. The Morgan fingerprint density at radius 3 is 1.61 bits per heavy atom. The van der Waals surface area contributed by atoms with Gasteiger partial charge in [-0.2, -0.15) is 10.3 Å². The van der Waals surface area contributed by atoms with Gasteiger partial charge in [0.15, 0.2) is 5.69 Å². The molecule has 1 saturated carbocycles. The Morgan fingerprint density at radius 1 is 0.645 bits per heavy atom. The van der Waals surface area contributed by atoms with Crippen molar-refractivity contribution in [3.05, 3.63) is 97.5 Å². The zero-order valence-corrected chi connectivity index (χ0v) is 81.2. The van der Waals surface area contributed by atoms with Crippen LogP contribution in [0.25, 0.3) is 17.0 Å². The molecule has 1 aliphatic carbocycles. The number of thioether (sulfide) groups is 1. The molecule has 658 valence electrons. The van der Waals surface area contributed by atoms with Crippen LogP contribution in [0.1, 0.15) is 285 Å². The number of rotatable bonds is 45. The van der Waals surface area contributed by atoms with Crippen molar-refractivity contribution in [2.75, 3.05) is 36.2 Å². The molecule has 121 heavy (non-hydrogen) atoms. The Balaban J connectivity index is 0.000000837. The maximum absolute atomic E-state index is 14.5. The van der Waals surface area contributed by atoms with Crippen LogP contribution < -0.4 is 36.3 Å². The average molecular weight is 1800 g/mol. The van der Waals surface area contributed by atoms with Gasteiger partial charge in [0.1, 0.15) is 52.3 Å². The van der Waals surface area contributed by atoms with Crippen molar-refractivity contribution in [2.45, 2.75) is 276 Å². The van der Waals surface area contributed by atoms with Crippen molar-refractivity contribution < 1.29 is 136 Å². The third kappa shape index (κ3) is 33.8. The molecule has 2 aromatic rings. The topological polar surface area (TPSA) is 431 Å². The average Bonchev–Trinajstić information content (AvgIpc) is 1.62. The normalized spacial score (nSPS) is 16.5. The second kappa shape index (κ2) is 53.3. The minimum Gasteiger partial charge on any atom is -0.550 e. The fourth-order valence-corrected chi connectivity index (χ4v) is 15.3. The maximum Gasteiger partial charge on any atom is 0.342 e. The summed E-state index contributed by atoms with van der Waals surface area (Å²) < 4.78 is 28.6. The molecule has 3 aliphatic rings. The van der Waals surface area contributed by atoms with Crippen LogP contribution in [-0.2, 0) is 111 Å². The van der Waals surface area contributed by atoms with E-state index in [0.29, 0.717) is 139 Å². The molecule has 0 bridgehead atoms. The monoisotopic (exact) mass is 1800 g/mol. The minimum absolute atomic E-state index is 0. The molecule has 0 radical (unpaired) electrons. The van der Waals surface area contributed by atoms with Gasteiger partial charge >= 0.3 is 41.7 Å². The van der Waals surface area contributed by atoms with E-state index in [1.165, 1.54) is 5.32 Å². The smallest absolute Gasteiger partial charge is 0.342 e. The third-order valence-electron chi connectivity index (χ3n) is 20.5. The van der Waals surface area contributed by atoms with Gasteiger partial charge in [0.05, 0.1) is 55.2 Å². The summed E-state index contributed by atoms with van der Waals surface area (Å²) in [5, 5.41) is 48.6. The van der Waals surface area contributed by atoms with Crippen molar-refractivity contribution in [1.29, 1.82) is 5.26 Å². The summed E-state index contributed by atoms with van der Waals surface area (Å²) in [4.78, 5) is 162. The minimum atomic E-state index is -1.46. The summed E-state index contributed by atoms with van der Waals surface area (Å²) in [6, 6.07) is 2.22. The number of nitrogens with zero attached hydrogens (tertiary/aromatic N) is 6. The fraction of sp³-hybridized carbons (Fsp3) is 0.607. The molecule has 0 spiro atoms. The predicted molar refractivity (Wildman–Crippen MR) is 454 cm³/mol. The van der Waals surface area contributed by atoms with Crippen LogP contribution >= 0.6 is 11.8 Å². The second-order valence-electron chi connectivity index (χ2n) is 32.9. The van der Waals surface area contributed by atoms with Gasteiger partial charge in [-0.25, -0.2) is 39.1 Å². The van der Waals surface area contributed by atoms with Crippen LogP contribution in [0.2, 0.25) is 0 Å². The molecule has 2 aliphatic heterocycles. The molecular weight excluding hydrogens is 1680 g/mol. The Hall–Kier alpha value is -8.79. The van der Waals surface area contributed by atoms with Crippen LogP contribution in [0, 0.1) is 65.2 Å². The van der Waals surface area contributed by atoms with Gasteiger partial charge in [0.25, 0.3) is 5.84 Å².